The van der Waals surface area contributed by atoms with Crippen LogP contribution in [0.5, 0.6) is 5.88 Å². The van der Waals surface area contributed by atoms with Gasteiger partial charge in [-0.15, -0.1) is 0 Å². The summed E-state index contributed by atoms with van der Waals surface area (Å²) < 4.78 is 5.52. The molecule has 2 aromatic rings. The zero-order chi connectivity index (χ0) is 14.4. The minimum atomic E-state index is 0.0609. The fourth-order valence-electron chi connectivity index (χ4n) is 1.68. The fourth-order valence-corrected chi connectivity index (χ4v) is 1.68. The van der Waals surface area contributed by atoms with E-state index in [1.807, 2.05) is 38.1 Å². The minimum absolute atomic E-state index is 0.0609. The lowest BCUT2D eigenvalue weighted by Crippen LogP contribution is -2.09. The maximum atomic E-state index is 8.99. The molecule has 0 amide bonds. The molecule has 0 fully saturated rings. The van der Waals surface area contributed by atoms with Gasteiger partial charge in [0.05, 0.1) is 12.7 Å². The molecule has 0 aliphatic rings. The van der Waals surface area contributed by atoms with Crippen molar-refractivity contribution in [3.05, 3.63) is 47.7 Å². The van der Waals surface area contributed by atoms with Crippen molar-refractivity contribution in [2.75, 3.05) is 5.32 Å². The molecular formula is C15H19N3O2. The zero-order valence-electron chi connectivity index (χ0n) is 11.7. The Hall–Kier alpha value is -2.14. The molecule has 1 aromatic heterocycles. The Morgan fingerprint density at radius 3 is 2.50 bits per heavy atom. The Morgan fingerprint density at radius 2 is 1.85 bits per heavy atom. The summed E-state index contributed by atoms with van der Waals surface area (Å²) >= 11 is 0. The molecular weight excluding hydrogens is 254 g/mol. The molecule has 1 aromatic carbocycles. The molecule has 1 heterocycles. The number of nitrogens with one attached hydrogen (secondary N) is 1. The third kappa shape index (κ3) is 4.20. The first-order chi connectivity index (χ1) is 9.67. The first-order valence-corrected chi connectivity index (χ1v) is 6.59. The highest BCUT2D eigenvalue weighted by Crippen LogP contribution is 2.11. The molecule has 0 atom stereocenters. The van der Waals surface area contributed by atoms with Crippen LogP contribution in [0.4, 0.5) is 5.95 Å². The molecule has 2 rings (SSSR count). The number of aromatic nitrogens is 2. The summed E-state index contributed by atoms with van der Waals surface area (Å²) in [6.07, 6.45) is 1.76. The minimum Gasteiger partial charge on any atom is -0.475 e. The van der Waals surface area contributed by atoms with Gasteiger partial charge in [0.1, 0.15) is 0 Å². The Bertz CT molecular complexity index is 541. The molecule has 2 N–H and O–H groups in total. The molecule has 0 spiro atoms. The van der Waals surface area contributed by atoms with Crippen molar-refractivity contribution in [2.45, 2.75) is 33.1 Å². The molecule has 0 unspecified atom stereocenters. The number of benzene rings is 1. The molecule has 5 nitrogen and oxygen atoms in total. The van der Waals surface area contributed by atoms with Crippen LogP contribution >= 0.6 is 0 Å². The van der Waals surface area contributed by atoms with Gasteiger partial charge in [-0.2, -0.15) is 4.98 Å². The van der Waals surface area contributed by atoms with Crippen LogP contribution in [0.15, 0.2) is 36.5 Å². The largest absolute Gasteiger partial charge is 0.475 e. The molecule has 0 bridgehead atoms. The molecule has 0 aliphatic carbocycles. The summed E-state index contributed by atoms with van der Waals surface area (Å²) in [5.41, 5.74) is 2.00. The van der Waals surface area contributed by atoms with Gasteiger partial charge in [-0.25, -0.2) is 4.98 Å². The van der Waals surface area contributed by atoms with E-state index in [2.05, 4.69) is 15.3 Å². The smallest absolute Gasteiger partial charge is 0.226 e. The van der Waals surface area contributed by atoms with Crippen LogP contribution in [-0.4, -0.2) is 21.2 Å². The second kappa shape index (κ2) is 6.86. The predicted molar refractivity (Wildman–Crippen MR) is 77.5 cm³/mol. The van der Waals surface area contributed by atoms with Crippen molar-refractivity contribution in [2.24, 2.45) is 0 Å². The topological polar surface area (TPSA) is 67.3 Å². The monoisotopic (exact) mass is 273 g/mol. The molecule has 20 heavy (non-hydrogen) atoms. The number of ether oxygens (including phenoxy) is 1. The van der Waals surface area contributed by atoms with E-state index in [0.717, 1.165) is 11.1 Å². The lowest BCUT2D eigenvalue weighted by molar-refractivity contribution is 0.232. The summed E-state index contributed by atoms with van der Waals surface area (Å²) in [7, 11) is 0. The Balaban J connectivity index is 1.95. The van der Waals surface area contributed by atoms with Crippen molar-refractivity contribution >= 4 is 5.95 Å². The normalized spacial score (nSPS) is 10.6. The molecule has 0 saturated heterocycles. The first-order valence-electron chi connectivity index (χ1n) is 6.59. The van der Waals surface area contributed by atoms with E-state index in [4.69, 9.17) is 9.84 Å². The van der Waals surface area contributed by atoms with Gasteiger partial charge in [0.2, 0.25) is 11.8 Å². The lowest BCUT2D eigenvalue weighted by Gasteiger charge is -2.10. The quantitative estimate of drug-likeness (QED) is 0.845. The second-order valence-corrected chi connectivity index (χ2v) is 4.71. The average molecular weight is 273 g/mol. The van der Waals surface area contributed by atoms with Crippen molar-refractivity contribution in [3.63, 3.8) is 0 Å². The van der Waals surface area contributed by atoms with Gasteiger partial charge >= 0.3 is 0 Å². The van der Waals surface area contributed by atoms with E-state index in [1.165, 1.54) is 0 Å². The highest BCUT2D eigenvalue weighted by molar-refractivity contribution is 5.31. The number of rotatable bonds is 6. The maximum absolute atomic E-state index is 8.99. The molecule has 0 aliphatic heterocycles. The molecule has 0 radical (unpaired) electrons. The van der Waals surface area contributed by atoms with Gasteiger partial charge in [0.25, 0.3) is 0 Å². The summed E-state index contributed by atoms with van der Waals surface area (Å²) in [6.45, 7) is 4.60. The van der Waals surface area contributed by atoms with Gasteiger partial charge in [-0.3, -0.25) is 0 Å². The van der Waals surface area contributed by atoms with Crippen LogP contribution in [0.3, 0.4) is 0 Å². The number of nitrogens with zero attached hydrogens (tertiary/aromatic N) is 2. The zero-order valence-corrected chi connectivity index (χ0v) is 11.7. The molecule has 0 saturated carbocycles. The van der Waals surface area contributed by atoms with Crippen LogP contribution in [0.25, 0.3) is 0 Å². The number of aliphatic hydroxyl groups is 1. The van der Waals surface area contributed by atoms with E-state index in [1.54, 1.807) is 12.3 Å². The summed E-state index contributed by atoms with van der Waals surface area (Å²) in [4.78, 5) is 8.43. The predicted octanol–water partition coefficient (Wildman–Crippen LogP) is 2.37. The van der Waals surface area contributed by atoms with Gasteiger partial charge < -0.3 is 15.2 Å². The summed E-state index contributed by atoms with van der Waals surface area (Å²) in [5.74, 6) is 1.10. The second-order valence-electron chi connectivity index (χ2n) is 4.71. The van der Waals surface area contributed by atoms with E-state index in [-0.39, 0.29) is 12.7 Å². The fraction of sp³-hybridized carbons (Fsp3) is 0.333. The van der Waals surface area contributed by atoms with Crippen molar-refractivity contribution in [1.82, 2.24) is 9.97 Å². The van der Waals surface area contributed by atoms with E-state index < -0.39 is 0 Å². The third-order valence-corrected chi connectivity index (χ3v) is 2.64. The van der Waals surface area contributed by atoms with Gasteiger partial charge in [0.15, 0.2) is 0 Å². The lowest BCUT2D eigenvalue weighted by atomic mass is 10.1. The number of hydrogen-bond acceptors (Lipinski definition) is 5. The summed E-state index contributed by atoms with van der Waals surface area (Å²) in [6, 6.07) is 9.47. The molecule has 5 heteroatoms. The van der Waals surface area contributed by atoms with Crippen LogP contribution in [-0.2, 0) is 13.2 Å². The van der Waals surface area contributed by atoms with Crippen LogP contribution in [0.1, 0.15) is 25.0 Å². The number of aliphatic hydroxyl groups excluding tert-OH is 1. The van der Waals surface area contributed by atoms with Crippen molar-refractivity contribution in [3.8, 4) is 5.88 Å². The number of anilines is 1. The standard InChI is InChI=1S/C15H19N3O2/c1-11(2)20-14-7-8-16-15(18-14)17-9-12-3-5-13(10-19)6-4-12/h3-8,11,19H,9-10H2,1-2H3,(H,16,17,18). The van der Waals surface area contributed by atoms with Crippen LogP contribution in [0.2, 0.25) is 0 Å². The van der Waals surface area contributed by atoms with E-state index in [9.17, 15) is 0 Å². The first kappa shape index (κ1) is 14.3. The van der Waals surface area contributed by atoms with Gasteiger partial charge in [-0.1, -0.05) is 24.3 Å². The summed E-state index contributed by atoms with van der Waals surface area (Å²) in [5, 5.41) is 12.1. The number of hydrogen-bond donors (Lipinski definition) is 2. The van der Waals surface area contributed by atoms with Crippen LogP contribution in [0, 0.1) is 0 Å². The van der Waals surface area contributed by atoms with E-state index >= 15 is 0 Å². The van der Waals surface area contributed by atoms with Crippen molar-refractivity contribution < 1.29 is 9.84 Å². The average Bonchev–Trinajstić information content (AvgIpc) is 2.45. The highest BCUT2D eigenvalue weighted by atomic mass is 16.5. The highest BCUT2D eigenvalue weighted by Gasteiger charge is 2.02. The van der Waals surface area contributed by atoms with Crippen LogP contribution < -0.4 is 10.1 Å². The van der Waals surface area contributed by atoms with Gasteiger partial charge in [-0.05, 0) is 25.0 Å². The molecule has 106 valence electrons. The van der Waals surface area contributed by atoms with Crippen molar-refractivity contribution in [1.29, 1.82) is 0 Å². The Kier molecular flexibility index (Phi) is 4.90. The maximum Gasteiger partial charge on any atom is 0.226 e. The Morgan fingerprint density at radius 1 is 1.15 bits per heavy atom. The SMILES string of the molecule is CC(C)Oc1ccnc(NCc2ccc(CO)cc2)n1. The third-order valence-electron chi connectivity index (χ3n) is 2.64. The van der Waals surface area contributed by atoms with Gasteiger partial charge in [0, 0.05) is 18.8 Å². The Labute approximate surface area is 118 Å². The van der Waals surface area contributed by atoms with E-state index in [0.29, 0.717) is 18.4 Å².